The molecule has 0 aliphatic heterocycles. The third-order valence-electron chi connectivity index (χ3n) is 1.78. The molecule has 1 aromatic rings. The lowest BCUT2D eigenvalue weighted by atomic mass is 10.1. The summed E-state index contributed by atoms with van der Waals surface area (Å²) in [5, 5.41) is 6.29. The fourth-order valence-electron chi connectivity index (χ4n) is 1.03. The van der Waals surface area contributed by atoms with E-state index in [0.29, 0.717) is 18.9 Å². The highest BCUT2D eigenvalue weighted by molar-refractivity contribution is 5.92. The summed E-state index contributed by atoms with van der Waals surface area (Å²) in [7, 11) is 1.54. The zero-order chi connectivity index (χ0) is 12.2. The van der Waals surface area contributed by atoms with Gasteiger partial charge < -0.3 is 20.3 Å². The third-order valence-corrected chi connectivity index (χ3v) is 1.78. The Morgan fingerprint density at radius 3 is 2.82 bits per heavy atom. The quantitative estimate of drug-likeness (QED) is 0.817. The van der Waals surface area contributed by atoms with Crippen molar-refractivity contribution in [2.75, 3.05) is 13.7 Å². The minimum Gasteiger partial charge on any atom is -0.377 e. The molecule has 0 spiro atoms. The molecule has 0 aromatic carbocycles. The van der Waals surface area contributed by atoms with Gasteiger partial charge in [-0.1, -0.05) is 5.16 Å². The fourth-order valence-corrected chi connectivity index (χ4v) is 1.03. The molecule has 17 heavy (non-hydrogen) atoms. The van der Waals surface area contributed by atoms with Gasteiger partial charge in [-0.15, -0.1) is 12.4 Å². The van der Waals surface area contributed by atoms with Crippen LogP contribution in [0.2, 0.25) is 0 Å². The molecule has 1 amide bonds. The number of ether oxygens (including phenoxy) is 1. The second-order valence-corrected chi connectivity index (χ2v) is 4.28. The Balaban J connectivity index is 0.00000256. The normalized spacial score (nSPS) is 10.8. The molecular weight excluding hydrogens is 246 g/mol. The van der Waals surface area contributed by atoms with E-state index in [1.807, 2.05) is 13.8 Å². The summed E-state index contributed by atoms with van der Waals surface area (Å²) in [6.45, 7) is 4.32. The van der Waals surface area contributed by atoms with E-state index in [1.165, 1.54) is 0 Å². The van der Waals surface area contributed by atoms with E-state index in [9.17, 15) is 4.79 Å². The molecule has 1 heterocycles. The molecule has 0 atom stereocenters. The molecule has 0 saturated carbocycles. The van der Waals surface area contributed by atoms with Crippen LogP contribution >= 0.6 is 12.4 Å². The van der Waals surface area contributed by atoms with Crippen molar-refractivity contribution in [1.29, 1.82) is 0 Å². The second-order valence-electron chi connectivity index (χ2n) is 4.28. The van der Waals surface area contributed by atoms with Crippen LogP contribution in [0.1, 0.15) is 30.1 Å². The van der Waals surface area contributed by atoms with Crippen molar-refractivity contribution in [3.8, 4) is 0 Å². The Morgan fingerprint density at radius 1 is 1.65 bits per heavy atom. The van der Waals surface area contributed by atoms with Crippen LogP contribution in [0.5, 0.6) is 0 Å². The van der Waals surface area contributed by atoms with Gasteiger partial charge in [0.2, 0.25) is 0 Å². The average Bonchev–Trinajstić information content (AvgIpc) is 2.62. The fraction of sp³-hybridized carbons (Fsp3) is 0.600. The number of carbonyl (C=O) groups is 1. The first-order valence-electron chi connectivity index (χ1n) is 4.94. The van der Waals surface area contributed by atoms with Gasteiger partial charge in [0.05, 0.1) is 0 Å². The van der Waals surface area contributed by atoms with Crippen LogP contribution in [0.25, 0.3) is 0 Å². The van der Waals surface area contributed by atoms with Gasteiger partial charge in [-0.05, 0) is 13.8 Å². The average molecular weight is 264 g/mol. The number of rotatable bonds is 5. The molecule has 0 aliphatic rings. The van der Waals surface area contributed by atoms with Gasteiger partial charge in [-0.3, -0.25) is 4.79 Å². The molecule has 1 aromatic heterocycles. The third kappa shape index (κ3) is 5.67. The molecule has 0 radical (unpaired) electrons. The zero-order valence-corrected chi connectivity index (χ0v) is 11.0. The molecule has 0 saturated heterocycles. The zero-order valence-electron chi connectivity index (χ0n) is 10.1. The Bertz CT molecular complexity index is 360. The van der Waals surface area contributed by atoms with Gasteiger partial charge >= 0.3 is 0 Å². The molecule has 3 N–H and O–H groups in total. The van der Waals surface area contributed by atoms with E-state index in [-0.39, 0.29) is 24.0 Å². The summed E-state index contributed by atoms with van der Waals surface area (Å²) >= 11 is 0. The summed E-state index contributed by atoms with van der Waals surface area (Å²) in [6.07, 6.45) is 0. The van der Waals surface area contributed by atoms with Crippen molar-refractivity contribution in [2.45, 2.75) is 26.0 Å². The van der Waals surface area contributed by atoms with Gasteiger partial charge in [-0.25, -0.2) is 0 Å². The first-order valence-corrected chi connectivity index (χ1v) is 4.94. The monoisotopic (exact) mass is 263 g/mol. The topological polar surface area (TPSA) is 90.4 Å². The summed E-state index contributed by atoms with van der Waals surface area (Å²) in [5.41, 5.74) is 5.52. The summed E-state index contributed by atoms with van der Waals surface area (Å²) in [4.78, 5) is 11.6. The largest absolute Gasteiger partial charge is 0.377 e. The summed E-state index contributed by atoms with van der Waals surface area (Å²) < 4.78 is 9.74. The number of halogens is 1. The molecular formula is C10H18ClN3O3. The van der Waals surface area contributed by atoms with E-state index in [0.717, 1.165) is 0 Å². The van der Waals surface area contributed by atoms with Crippen molar-refractivity contribution in [2.24, 2.45) is 5.73 Å². The number of aromatic nitrogens is 1. The highest BCUT2D eigenvalue weighted by Crippen LogP contribution is 2.05. The number of nitrogens with zero attached hydrogens (tertiary/aromatic N) is 1. The maximum Gasteiger partial charge on any atom is 0.273 e. The van der Waals surface area contributed by atoms with E-state index in [4.69, 9.17) is 15.0 Å². The van der Waals surface area contributed by atoms with Crippen LogP contribution in [0, 0.1) is 0 Å². The standard InChI is InChI=1S/C10H17N3O3.ClH/c1-10(2,11)6-12-9(14)8-4-7(5-15-3)16-13-8;/h4H,5-6,11H2,1-3H3,(H,12,14);1H. The molecule has 6 nitrogen and oxygen atoms in total. The second kappa shape index (κ2) is 6.58. The molecule has 0 unspecified atom stereocenters. The van der Waals surface area contributed by atoms with Crippen molar-refractivity contribution >= 4 is 18.3 Å². The maximum absolute atomic E-state index is 11.6. The van der Waals surface area contributed by atoms with Crippen molar-refractivity contribution in [3.05, 3.63) is 17.5 Å². The van der Waals surface area contributed by atoms with Gasteiger partial charge in [0.1, 0.15) is 6.61 Å². The number of methoxy groups -OCH3 is 1. The van der Waals surface area contributed by atoms with Crippen LogP contribution in [-0.2, 0) is 11.3 Å². The predicted octanol–water partition coefficient (Wildman–Crippen LogP) is 0.710. The Morgan fingerprint density at radius 2 is 2.29 bits per heavy atom. The lowest BCUT2D eigenvalue weighted by Crippen LogP contribution is -2.45. The molecule has 0 fully saturated rings. The summed E-state index contributed by atoms with van der Waals surface area (Å²) in [5.74, 6) is 0.212. The molecule has 0 aliphatic carbocycles. The Labute approximate surface area is 106 Å². The predicted molar refractivity (Wildman–Crippen MR) is 65.1 cm³/mol. The number of nitrogens with one attached hydrogen (secondary N) is 1. The van der Waals surface area contributed by atoms with Crippen LogP contribution in [0.4, 0.5) is 0 Å². The number of amides is 1. The van der Waals surface area contributed by atoms with Gasteiger partial charge in [0.25, 0.3) is 5.91 Å². The van der Waals surface area contributed by atoms with E-state index in [2.05, 4.69) is 10.5 Å². The molecule has 7 heteroatoms. The van der Waals surface area contributed by atoms with Crippen LogP contribution < -0.4 is 11.1 Å². The number of nitrogens with two attached hydrogens (primary N) is 1. The van der Waals surface area contributed by atoms with Crippen molar-refractivity contribution < 1.29 is 14.1 Å². The number of hydrogen-bond acceptors (Lipinski definition) is 5. The number of carbonyl (C=O) groups excluding carboxylic acids is 1. The van der Waals surface area contributed by atoms with Crippen LogP contribution in [-0.4, -0.2) is 30.3 Å². The van der Waals surface area contributed by atoms with E-state index < -0.39 is 5.54 Å². The van der Waals surface area contributed by atoms with Crippen LogP contribution in [0.15, 0.2) is 10.6 Å². The molecule has 1 rings (SSSR count). The lowest BCUT2D eigenvalue weighted by Gasteiger charge is -2.18. The minimum absolute atomic E-state index is 0. The van der Waals surface area contributed by atoms with E-state index in [1.54, 1.807) is 13.2 Å². The van der Waals surface area contributed by atoms with Crippen molar-refractivity contribution in [3.63, 3.8) is 0 Å². The van der Waals surface area contributed by atoms with Gasteiger partial charge in [0.15, 0.2) is 11.5 Å². The Hall–Kier alpha value is -1.11. The molecule has 98 valence electrons. The molecule has 0 bridgehead atoms. The first-order chi connectivity index (χ1) is 7.42. The first kappa shape index (κ1) is 15.9. The SMILES string of the molecule is COCc1cc(C(=O)NCC(C)(C)N)no1.Cl. The lowest BCUT2D eigenvalue weighted by molar-refractivity contribution is 0.0936. The highest BCUT2D eigenvalue weighted by Gasteiger charge is 2.16. The maximum atomic E-state index is 11.6. The summed E-state index contributed by atoms with van der Waals surface area (Å²) in [6, 6.07) is 1.54. The van der Waals surface area contributed by atoms with Crippen molar-refractivity contribution in [1.82, 2.24) is 10.5 Å². The van der Waals surface area contributed by atoms with E-state index >= 15 is 0 Å². The van der Waals surface area contributed by atoms with Gasteiger partial charge in [0, 0.05) is 25.3 Å². The Kier molecular flexibility index (Phi) is 6.15. The number of hydrogen-bond donors (Lipinski definition) is 2. The van der Waals surface area contributed by atoms with Gasteiger partial charge in [-0.2, -0.15) is 0 Å². The smallest absolute Gasteiger partial charge is 0.273 e. The minimum atomic E-state index is -0.450. The van der Waals surface area contributed by atoms with Crippen LogP contribution in [0.3, 0.4) is 0 Å². The highest BCUT2D eigenvalue weighted by atomic mass is 35.5.